The zero-order chi connectivity index (χ0) is 19.2. The van der Waals surface area contributed by atoms with Crippen LogP contribution in [-0.2, 0) is 11.3 Å². The molecule has 1 heterocycles. The predicted molar refractivity (Wildman–Crippen MR) is 109 cm³/mol. The number of amides is 1. The van der Waals surface area contributed by atoms with Gasteiger partial charge in [0.05, 0.1) is 5.25 Å². The summed E-state index contributed by atoms with van der Waals surface area (Å²) in [7, 11) is 0. The Bertz CT molecular complexity index is 965. The highest BCUT2D eigenvalue weighted by Crippen LogP contribution is 2.29. The number of hydrogen-bond acceptors (Lipinski definition) is 4. The zero-order valence-electron chi connectivity index (χ0n) is 15.3. The lowest BCUT2D eigenvalue weighted by Gasteiger charge is -2.15. The summed E-state index contributed by atoms with van der Waals surface area (Å²) in [5.41, 5.74) is 2.51. The number of rotatable bonds is 7. The molecule has 0 aliphatic carbocycles. The summed E-state index contributed by atoms with van der Waals surface area (Å²) in [6.45, 7) is 4.37. The minimum atomic E-state index is -0.403. The number of aromatic nitrogens is 3. The first kappa shape index (κ1) is 19.0. The van der Waals surface area contributed by atoms with Crippen LogP contribution in [0.3, 0.4) is 0 Å². The van der Waals surface area contributed by atoms with Crippen molar-refractivity contribution < 1.29 is 4.79 Å². The Morgan fingerprint density at radius 2 is 1.89 bits per heavy atom. The molecular weight excluding hydrogens is 360 g/mol. The molecule has 0 saturated carbocycles. The molecule has 2 N–H and O–H groups in total. The van der Waals surface area contributed by atoms with Gasteiger partial charge >= 0.3 is 5.69 Å². The zero-order valence-corrected chi connectivity index (χ0v) is 16.1. The molecule has 1 atom stereocenters. The van der Waals surface area contributed by atoms with Crippen LogP contribution in [0.2, 0.25) is 0 Å². The van der Waals surface area contributed by atoms with Crippen molar-refractivity contribution >= 4 is 23.4 Å². The average Bonchev–Trinajstić information content (AvgIpc) is 3.03. The van der Waals surface area contributed by atoms with Crippen molar-refractivity contribution in [3.63, 3.8) is 0 Å². The molecular formula is C20H22N4O2S. The van der Waals surface area contributed by atoms with Crippen molar-refractivity contribution in [2.75, 3.05) is 5.32 Å². The van der Waals surface area contributed by atoms with Crippen LogP contribution in [0.5, 0.6) is 0 Å². The van der Waals surface area contributed by atoms with E-state index in [4.69, 9.17) is 0 Å². The van der Waals surface area contributed by atoms with Crippen LogP contribution in [0.15, 0.2) is 64.5 Å². The van der Waals surface area contributed by atoms with Gasteiger partial charge in [0.1, 0.15) is 0 Å². The maximum atomic E-state index is 12.7. The first-order valence-corrected chi connectivity index (χ1v) is 9.75. The summed E-state index contributed by atoms with van der Waals surface area (Å²) in [6, 6.07) is 17.6. The van der Waals surface area contributed by atoms with E-state index in [0.717, 1.165) is 23.2 Å². The van der Waals surface area contributed by atoms with Crippen LogP contribution in [0.25, 0.3) is 11.1 Å². The van der Waals surface area contributed by atoms with E-state index < -0.39 is 5.25 Å². The summed E-state index contributed by atoms with van der Waals surface area (Å²) in [4.78, 5) is 24.5. The second-order valence-electron chi connectivity index (χ2n) is 6.12. The van der Waals surface area contributed by atoms with Gasteiger partial charge in [0.25, 0.3) is 0 Å². The molecule has 0 spiro atoms. The molecule has 0 aliphatic rings. The Hall–Kier alpha value is -2.80. The third kappa shape index (κ3) is 4.49. The fourth-order valence-electron chi connectivity index (χ4n) is 2.72. The fraction of sp³-hybridized carbons (Fsp3) is 0.250. The molecule has 140 valence electrons. The third-order valence-electron chi connectivity index (χ3n) is 4.09. The lowest BCUT2D eigenvalue weighted by Crippen LogP contribution is -2.24. The highest BCUT2D eigenvalue weighted by molar-refractivity contribution is 8.00. The van der Waals surface area contributed by atoms with Gasteiger partial charge < -0.3 is 5.32 Å². The van der Waals surface area contributed by atoms with E-state index in [-0.39, 0.29) is 11.6 Å². The number of benzene rings is 2. The van der Waals surface area contributed by atoms with Gasteiger partial charge in [-0.3, -0.25) is 9.36 Å². The van der Waals surface area contributed by atoms with E-state index in [9.17, 15) is 9.59 Å². The highest BCUT2D eigenvalue weighted by atomic mass is 32.2. The maximum Gasteiger partial charge on any atom is 0.343 e. The Labute approximate surface area is 162 Å². The number of H-pyrrole nitrogens is 1. The lowest BCUT2D eigenvalue weighted by molar-refractivity contribution is -0.115. The van der Waals surface area contributed by atoms with Gasteiger partial charge in [0, 0.05) is 17.8 Å². The van der Waals surface area contributed by atoms with E-state index >= 15 is 0 Å². The van der Waals surface area contributed by atoms with E-state index in [1.54, 1.807) is 11.5 Å². The summed E-state index contributed by atoms with van der Waals surface area (Å²) in [5, 5.41) is 9.62. The SMILES string of the molecule is CCCn1c(S[C@H](C)C(=O)Nc2ccccc2-c2ccccc2)n[nH]c1=O. The first-order chi connectivity index (χ1) is 13.1. The number of thioether (sulfide) groups is 1. The summed E-state index contributed by atoms with van der Waals surface area (Å²) in [6.07, 6.45) is 0.817. The minimum Gasteiger partial charge on any atom is -0.325 e. The number of aromatic amines is 1. The van der Waals surface area contributed by atoms with Crippen molar-refractivity contribution in [3.05, 3.63) is 65.1 Å². The van der Waals surface area contributed by atoms with Gasteiger partial charge in [0.2, 0.25) is 5.91 Å². The molecule has 3 aromatic rings. The van der Waals surface area contributed by atoms with E-state index in [1.165, 1.54) is 11.8 Å². The molecule has 0 radical (unpaired) electrons. The number of para-hydroxylation sites is 1. The van der Waals surface area contributed by atoms with Gasteiger partial charge in [-0.05, 0) is 25.0 Å². The maximum absolute atomic E-state index is 12.7. The number of nitrogens with one attached hydrogen (secondary N) is 2. The lowest BCUT2D eigenvalue weighted by atomic mass is 10.0. The van der Waals surface area contributed by atoms with Crippen molar-refractivity contribution in [1.29, 1.82) is 0 Å². The molecule has 1 amide bonds. The van der Waals surface area contributed by atoms with Gasteiger partial charge in [-0.1, -0.05) is 67.2 Å². The molecule has 6 nitrogen and oxygen atoms in total. The second-order valence-corrected chi connectivity index (χ2v) is 7.43. The number of carbonyl (C=O) groups excluding carboxylic acids is 1. The number of hydrogen-bond donors (Lipinski definition) is 2. The summed E-state index contributed by atoms with van der Waals surface area (Å²) in [5.74, 6) is -0.137. The summed E-state index contributed by atoms with van der Waals surface area (Å²) >= 11 is 1.27. The van der Waals surface area contributed by atoms with Crippen molar-refractivity contribution in [2.24, 2.45) is 0 Å². The van der Waals surface area contributed by atoms with Crippen LogP contribution in [0.1, 0.15) is 20.3 Å². The third-order valence-corrected chi connectivity index (χ3v) is 5.18. The molecule has 0 fully saturated rings. The van der Waals surface area contributed by atoms with Gasteiger partial charge in [0.15, 0.2) is 5.16 Å². The Morgan fingerprint density at radius 1 is 1.19 bits per heavy atom. The van der Waals surface area contributed by atoms with Gasteiger partial charge in [-0.25, -0.2) is 9.89 Å². The molecule has 3 rings (SSSR count). The standard InChI is InChI=1S/C20H22N4O2S/c1-3-13-24-19(26)22-23-20(24)27-14(2)18(25)21-17-12-8-7-11-16(17)15-9-5-4-6-10-15/h4-12,14H,3,13H2,1-2H3,(H,21,25)(H,22,26)/t14-/m1/s1. The molecule has 0 unspecified atom stereocenters. The fourth-order valence-corrected chi connectivity index (χ4v) is 3.60. The van der Waals surface area contributed by atoms with Crippen LogP contribution in [-0.4, -0.2) is 25.9 Å². The van der Waals surface area contributed by atoms with E-state index in [1.807, 2.05) is 61.5 Å². The molecule has 27 heavy (non-hydrogen) atoms. The highest BCUT2D eigenvalue weighted by Gasteiger charge is 2.20. The molecule has 0 bridgehead atoms. The largest absolute Gasteiger partial charge is 0.343 e. The number of carbonyl (C=O) groups is 1. The van der Waals surface area contributed by atoms with Crippen LogP contribution in [0.4, 0.5) is 5.69 Å². The van der Waals surface area contributed by atoms with Crippen molar-refractivity contribution in [2.45, 2.75) is 37.2 Å². The number of anilines is 1. The minimum absolute atomic E-state index is 0.137. The first-order valence-electron chi connectivity index (χ1n) is 8.87. The number of nitrogens with zero attached hydrogens (tertiary/aromatic N) is 2. The normalized spacial score (nSPS) is 11.9. The van der Waals surface area contributed by atoms with Crippen LogP contribution >= 0.6 is 11.8 Å². The topological polar surface area (TPSA) is 79.8 Å². The Morgan fingerprint density at radius 3 is 2.63 bits per heavy atom. The molecule has 7 heteroatoms. The quantitative estimate of drug-likeness (QED) is 0.610. The monoisotopic (exact) mass is 382 g/mol. The molecule has 2 aromatic carbocycles. The van der Waals surface area contributed by atoms with Crippen LogP contribution in [0, 0.1) is 0 Å². The smallest absolute Gasteiger partial charge is 0.325 e. The van der Waals surface area contributed by atoms with Gasteiger partial charge in [-0.15, -0.1) is 5.10 Å². The van der Waals surface area contributed by atoms with Crippen molar-refractivity contribution in [3.8, 4) is 11.1 Å². The van der Waals surface area contributed by atoms with E-state index in [0.29, 0.717) is 11.7 Å². The Balaban J connectivity index is 1.76. The molecule has 1 aromatic heterocycles. The average molecular weight is 382 g/mol. The summed E-state index contributed by atoms with van der Waals surface area (Å²) < 4.78 is 1.56. The molecule has 0 aliphatic heterocycles. The van der Waals surface area contributed by atoms with Crippen LogP contribution < -0.4 is 11.0 Å². The van der Waals surface area contributed by atoms with E-state index in [2.05, 4.69) is 15.5 Å². The predicted octanol–water partition coefficient (Wildman–Crippen LogP) is 3.77. The van der Waals surface area contributed by atoms with Crippen molar-refractivity contribution in [1.82, 2.24) is 14.8 Å². The molecule has 0 saturated heterocycles. The Kier molecular flexibility index (Phi) is 6.13. The second kappa shape index (κ2) is 8.73. The van der Waals surface area contributed by atoms with Gasteiger partial charge in [-0.2, -0.15) is 0 Å².